The second-order valence-corrected chi connectivity index (χ2v) is 6.85. The third-order valence-corrected chi connectivity index (χ3v) is 5.26. The van der Waals surface area contributed by atoms with E-state index in [4.69, 9.17) is 0 Å². The lowest BCUT2D eigenvalue weighted by atomic mass is 9.94. The zero-order valence-electron chi connectivity index (χ0n) is 14.2. The summed E-state index contributed by atoms with van der Waals surface area (Å²) in [6, 6.07) is 9.40. The Morgan fingerprint density at radius 1 is 1.00 bits per heavy atom. The van der Waals surface area contributed by atoms with Crippen LogP contribution >= 0.6 is 0 Å². The van der Waals surface area contributed by atoms with Crippen LogP contribution in [0.1, 0.15) is 44.9 Å². The van der Waals surface area contributed by atoms with Crippen LogP contribution in [0.4, 0.5) is 5.69 Å². The van der Waals surface area contributed by atoms with E-state index in [1.807, 2.05) is 30.3 Å². The van der Waals surface area contributed by atoms with Gasteiger partial charge in [-0.05, 0) is 50.9 Å². The summed E-state index contributed by atoms with van der Waals surface area (Å²) in [5.74, 6) is 0.0533. The summed E-state index contributed by atoms with van der Waals surface area (Å²) in [6.07, 6.45) is 6.83. The van der Waals surface area contributed by atoms with Gasteiger partial charge in [-0.15, -0.1) is 0 Å². The molecule has 2 aliphatic rings. The largest absolute Gasteiger partial charge is 0.354 e. The first kappa shape index (κ1) is 17.0. The highest BCUT2D eigenvalue weighted by atomic mass is 16.2. The molecule has 24 heavy (non-hydrogen) atoms. The fraction of sp³-hybridized carbons (Fsp3) is 0.579. The molecular weight excluding hydrogens is 302 g/mol. The van der Waals surface area contributed by atoms with E-state index in [0.717, 1.165) is 44.5 Å². The maximum atomic E-state index is 12.8. The Labute approximate surface area is 143 Å². The van der Waals surface area contributed by atoms with E-state index in [1.165, 1.54) is 12.8 Å². The van der Waals surface area contributed by atoms with Crippen LogP contribution in [-0.4, -0.2) is 41.9 Å². The molecular formula is C19H27N3O2. The van der Waals surface area contributed by atoms with Crippen molar-refractivity contribution in [2.45, 2.75) is 50.5 Å². The van der Waals surface area contributed by atoms with Gasteiger partial charge in [-0.1, -0.05) is 31.0 Å². The van der Waals surface area contributed by atoms with E-state index in [1.54, 1.807) is 0 Å². The minimum Gasteiger partial charge on any atom is -0.354 e. The number of nitrogens with zero attached hydrogens (tertiary/aromatic N) is 1. The average molecular weight is 329 g/mol. The minimum atomic E-state index is -0.313. The molecule has 1 heterocycles. The van der Waals surface area contributed by atoms with Crippen LogP contribution in [0, 0.1) is 0 Å². The van der Waals surface area contributed by atoms with Crippen molar-refractivity contribution in [1.82, 2.24) is 10.2 Å². The molecule has 0 spiro atoms. The lowest BCUT2D eigenvalue weighted by Gasteiger charge is -2.37. The normalized spacial score (nSPS) is 20.0. The Bertz CT molecular complexity index is 561. The molecule has 1 aliphatic heterocycles. The van der Waals surface area contributed by atoms with Crippen molar-refractivity contribution < 1.29 is 9.59 Å². The van der Waals surface area contributed by atoms with Gasteiger partial charge in [0.05, 0.1) is 0 Å². The SMILES string of the molecule is O=C(CCNC(=O)C1(N2CCCC2)CCCC1)Nc1ccccc1. The molecule has 0 bridgehead atoms. The summed E-state index contributed by atoms with van der Waals surface area (Å²) in [6.45, 7) is 2.46. The number of anilines is 1. The molecule has 0 aromatic heterocycles. The van der Waals surface area contributed by atoms with E-state index in [9.17, 15) is 9.59 Å². The van der Waals surface area contributed by atoms with E-state index in [2.05, 4.69) is 15.5 Å². The van der Waals surface area contributed by atoms with Crippen LogP contribution < -0.4 is 10.6 Å². The van der Waals surface area contributed by atoms with Crippen molar-refractivity contribution in [3.05, 3.63) is 30.3 Å². The van der Waals surface area contributed by atoms with Gasteiger partial charge in [0.15, 0.2) is 0 Å². The van der Waals surface area contributed by atoms with Gasteiger partial charge in [-0.2, -0.15) is 0 Å². The fourth-order valence-corrected chi connectivity index (χ4v) is 3.99. The molecule has 2 fully saturated rings. The Balaban J connectivity index is 1.48. The van der Waals surface area contributed by atoms with Gasteiger partial charge in [0.2, 0.25) is 11.8 Å². The third-order valence-electron chi connectivity index (χ3n) is 5.26. The Hall–Kier alpha value is -1.88. The smallest absolute Gasteiger partial charge is 0.240 e. The van der Waals surface area contributed by atoms with Crippen LogP contribution in [0.2, 0.25) is 0 Å². The summed E-state index contributed by atoms with van der Waals surface area (Å²) < 4.78 is 0. The Kier molecular flexibility index (Phi) is 5.51. The number of hydrogen-bond donors (Lipinski definition) is 2. The lowest BCUT2D eigenvalue weighted by molar-refractivity contribution is -0.132. The quantitative estimate of drug-likeness (QED) is 0.843. The van der Waals surface area contributed by atoms with Crippen molar-refractivity contribution >= 4 is 17.5 Å². The second-order valence-electron chi connectivity index (χ2n) is 6.85. The first-order chi connectivity index (χ1) is 11.7. The molecule has 0 radical (unpaired) electrons. The number of rotatable bonds is 6. The van der Waals surface area contributed by atoms with Crippen LogP contribution in [0.5, 0.6) is 0 Å². The van der Waals surface area contributed by atoms with Gasteiger partial charge < -0.3 is 10.6 Å². The molecule has 0 atom stereocenters. The van der Waals surface area contributed by atoms with Crippen molar-refractivity contribution in [2.75, 3.05) is 25.0 Å². The number of para-hydroxylation sites is 1. The molecule has 5 heteroatoms. The maximum absolute atomic E-state index is 12.8. The zero-order chi connectivity index (χ0) is 16.8. The summed E-state index contributed by atoms with van der Waals surface area (Å²) in [5, 5.41) is 5.87. The number of hydrogen-bond acceptors (Lipinski definition) is 3. The summed E-state index contributed by atoms with van der Waals surface area (Å²) in [5.41, 5.74) is 0.477. The highest BCUT2D eigenvalue weighted by molar-refractivity contribution is 5.91. The Morgan fingerprint density at radius 2 is 1.67 bits per heavy atom. The Morgan fingerprint density at radius 3 is 2.33 bits per heavy atom. The van der Waals surface area contributed by atoms with Crippen LogP contribution in [0.3, 0.4) is 0 Å². The molecule has 2 N–H and O–H groups in total. The molecule has 130 valence electrons. The molecule has 3 rings (SSSR count). The predicted octanol–water partition coefficient (Wildman–Crippen LogP) is 2.54. The topological polar surface area (TPSA) is 61.4 Å². The number of carbonyl (C=O) groups is 2. The zero-order valence-corrected chi connectivity index (χ0v) is 14.2. The molecule has 5 nitrogen and oxygen atoms in total. The molecule has 1 saturated heterocycles. The van der Waals surface area contributed by atoms with Gasteiger partial charge in [-0.25, -0.2) is 0 Å². The van der Waals surface area contributed by atoms with Crippen LogP contribution in [0.15, 0.2) is 30.3 Å². The molecule has 0 unspecified atom stereocenters. The predicted molar refractivity (Wildman–Crippen MR) is 94.7 cm³/mol. The maximum Gasteiger partial charge on any atom is 0.240 e. The number of amides is 2. The van der Waals surface area contributed by atoms with E-state index in [0.29, 0.717) is 13.0 Å². The van der Waals surface area contributed by atoms with Gasteiger partial charge in [-0.3, -0.25) is 14.5 Å². The van der Waals surface area contributed by atoms with Crippen LogP contribution in [0.25, 0.3) is 0 Å². The van der Waals surface area contributed by atoms with E-state index >= 15 is 0 Å². The molecule has 1 aromatic carbocycles. The van der Waals surface area contributed by atoms with Crippen molar-refractivity contribution in [2.24, 2.45) is 0 Å². The van der Waals surface area contributed by atoms with Gasteiger partial charge in [0.25, 0.3) is 0 Å². The average Bonchev–Trinajstić information content (AvgIpc) is 3.28. The summed E-state index contributed by atoms with van der Waals surface area (Å²) >= 11 is 0. The van der Waals surface area contributed by atoms with Gasteiger partial charge in [0, 0.05) is 18.7 Å². The van der Waals surface area contributed by atoms with Gasteiger partial charge in [0.1, 0.15) is 5.54 Å². The monoisotopic (exact) mass is 329 g/mol. The second kappa shape index (κ2) is 7.79. The first-order valence-electron chi connectivity index (χ1n) is 9.09. The fourth-order valence-electron chi connectivity index (χ4n) is 3.99. The minimum absolute atomic E-state index is 0.0665. The first-order valence-corrected chi connectivity index (χ1v) is 9.09. The number of nitrogens with one attached hydrogen (secondary N) is 2. The highest BCUT2D eigenvalue weighted by Gasteiger charge is 2.46. The highest BCUT2D eigenvalue weighted by Crippen LogP contribution is 2.37. The summed E-state index contributed by atoms with van der Waals surface area (Å²) in [4.78, 5) is 27.2. The number of benzene rings is 1. The molecule has 2 amide bonds. The van der Waals surface area contributed by atoms with Crippen molar-refractivity contribution in [3.8, 4) is 0 Å². The van der Waals surface area contributed by atoms with Crippen molar-refractivity contribution in [3.63, 3.8) is 0 Å². The van der Waals surface area contributed by atoms with Crippen LogP contribution in [-0.2, 0) is 9.59 Å². The molecule has 1 aliphatic carbocycles. The lowest BCUT2D eigenvalue weighted by Crippen LogP contribution is -2.56. The molecule has 1 aromatic rings. The number of carbonyl (C=O) groups excluding carboxylic acids is 2. The van der Waals surface area contributed by atoms with Crippen molar-refractivity contribution in [1.29, 1.82) is 0 Å². The number of likely N-dealkylation sites (tertiary alicyclic amines) is 1. The standard InChI is InChI=1S/C19H27N3O2/c23-17(21-16-8-2-1-3-9-16)10-13-20-18(24)19(11-4-5-12-19)22-14-6-7-15-22/h1-3,8-9H,4-7,10-15H2,(H,20,24)(H,21,23). The molecule has 1 saturated carbocycles. The van der Waals surface area contributed by atoms with Gasteiger partial charge >= 0.3 is 0 Å². The van der Waals surface area contributed by atoms with E-state index < -0.39 is 0 Å². The third kappa shape index (κ3) is 3.78. The summed E-state index contributed by atoms with van der Waals surface area (Å²) in [7, 11) is 0. The van der Waals surface area contributed by atoms with E-state index in [-0.39, 0.29) is 17.4 Å².